The third-order valence-corrected chi connectivity index (χ3v) is 4.99. The van der Waals surface area contributed by atoms with Gasteiger partial charge < -0.3 is 19.3 Å². The average molecular weight is 346 g/mol. The second kappa shape index (κ2) is 7.04. The van der Waals surface area contributed by atoms with Crippen LogP contribution >= 0.6 is 0 Å². The summed E-state index contributed by atoms with van der Waals surface area (Å²) < 4.78 is 11.0. The van der Waals surface area contributed by atoms with Gasteiger partial charge in [0.25, 0.3) is 0 Å². The number of morpholine rings is 1. The Hall–Kier alpha value is -2.08. The maximum Gasteiger partial charge on any atom is 0.228 e. The number of aryl methyl sites for hydroxylation is 1. The van der Waals surface area contributed by atoms with Gasteiger partial charge in [-0.1, -0.05) is 6.07 Å². The molecule has 0 spiro atoms. The highest BCUT2D eigenvalue weighted by atomic mass is 16.5. The maximum atomic E-state index is 13.0. The lowest BCUT2D eigenvalue weighted by atomic mass is 10.0. The maximum absolute atomic E-state index is 13.0. The van der Waals surface area contributed by atoms with E-state index >= 15 is 0 Å². The van der Waals surface area contributed by atoms with Gasteiger partial charge >= 0.3 is 0 Å². The van der Waals surface area contributed by atoms with Crippen molar-refractivity contribution >= 4 is 17.5 Å². The summed E-state index contributed by atoms with van der Waals surface area (Å²) in [5.41, 5.74) is 1.79. The number of hydrogen-bond acceptors (Lipinski definition) is 4. The smallest absolute Gasteiger partial charge is 0.228 e. The lowest BCUT2D eigenvalue weighted by Gasteiger charge is -2.38. The van der Waals surface area contributed by atoms with Crippen molar-refractivity contribution in [3.63, 3.8) is 0 Å². The quantitative estimate of drug-likeness (QED) is 0.840. The van der Waals surface area contributed by atoms with Crippen molar-refractivity contribution in [1.82, 2.24) is 4.90 Å². The van der Waals surface area contributed by atoms with Crippen molar-refractivity contribution in [3.05, 3.63) is 23.8 Å². The van der Waals surface area contributed by atoms with Gasteiger partial charge in [-0.3, -0.25) is 9.59 Å². The number of methoxy groups -OCH3 is 1. The topological polar surface area (TPSA) is 59.1 Å². The molecule has 2 aliphatic rings. The highest BCUT2D eigenvalue weighted by Crippen LogP contribution is 2.34. The molecule has 3 rings (SSSR count). The van der Waals surface area contributed by atoms with Crippen LogP contribution in [0.1, 0.15) is 25.8 Å². The predicted octanol–water partition coefficient (Wildman–Crippen LogP) is 1.99. The van der Waals surface area contributed by atoms with E-state index in [-0.39, 0.29) is 36.3 Å². The molecule has 136 valence electrons. The molecule has 25 heavy (non-hydrogen) atoms. The fourth-order valence-electron chi connectivity index (χ4n) is 3.56. The summed E-state index contributed by atoms with van der Waals surface area (Å²) in [6.07, 6.45) is 0.277. The molecular weight excluding hydrogens is 320 g/mol. The van der Waals surface area contributed by atoms with Crippen LogP contribution in [0.4, 0.5) is 5.69 Å². The molecule has 1 aromatic rings. The van der Waals surface area contributed by atoms with E-state index in [4.69, 9.17) is 9.47 Å². The molecule has 2 aliphatic heterocycles. The molecule has 0 N–H and O–H groups in total. The van der Waals surface area contributed by atoms with E-state index in [2.05, 4.69) is 0 Å². The number of hydrogen-bond donors (Lipinski definition) is 0. The van der Waals surface area contributed by atoms with E-state index < -0.39 is 0 Å². The SMILES string of the molecule is COc1ccc(C)cc1N1CC(C(=O)N2CC(C)OCC2C)CC1=O. The van der Waals surface area contributed by atoms with Crippen molar-refractivity contribution in [2.75, 3.05) is 31.7 Å². The first kappa shape index (κ1) is 17.7. The molecule has 3 unspecified atom stereocenters. The van der Waals surface area contributed by atoms with E-state index in [1.54, 1.807) is 12.0 Å². The first-order valence-electron chi connectivity index (χ1n) is 8.77. The summed E-state index contributed by atoms with van der Waals surface area (Å²) in [5, 5.41) is 0. The Bertz CT molecular complexity index is 675. The second-order valence-electron chi connectivity index (χ2n) is 7.06. The second-order valence-corrected chi connectivity index (χ2v) is 7.06. The zero-order chi connectivity index (χ0) is 18.1. The standard InChI is InChI=1S/C19H26N2O4/c1-12-5-6-17(24-4)16(7-12)21-10-15(8-18(21)22)19(23)20-9-14(3)25-11-13(20)2/h5-7,13-15H,8-11H2,1-4H3. The first-order valence-corrected chi connectivity index (χ1v) is 8.77. The number of nitrogens with zero attached hydrogens (tertiary/aromatic N) is 2. The molecule has 6 nitrogen and oxygen atoms in total. The predicted molar refractivity (Wildman–Crippen MR) is 94.8 cm³/mol. The molecule has 0 aliphatic carbocycles. The van der Waals surface area contributed by atoms with Crippen LogP contribution in [0, 0.1) is 12.8 Å². The Morgan fingerprint density at radius 2 is 2.04 bits per heavy atom. The monoisotopic (exact) mass is 346 g/mol. The average Bonchev–Trinajstić information content (AvgIpc) is 2.98. The highest BCUT2D eigenvalue weighted by molar-refractivity contribution is 6.01. The third-order valence-electron chi connectivity index (χ3n) is 4.99. The van der Waals surface area contributed by atoms with Gasteiger partial charge in [0, 0.05) is 19.5 Å². The Labute approximate surface area is 148 Å². The number of amides is 2. The van der Waals surface area contributed by atoms with Crippen molar-refractivity contribution in [1.29, 1.82) is 0 Å². The van der Waals surface area contributed by atoms with Crippen LogP contribution in [0.15, 0.2) is 18.2 Å². The van der Waals surface area contributed by atoms with Crippen LogP contribution in [0.2, 0.25) is 0 Å². The van der Waals surface area contributed by atoms with Crippen molar-refractivity contribution in [3.8, 4) is 5.75 Å². The van der Waals surface area contributed by atoms with E-state index in [0.29, 0.717) is 25.4 Å². The third kappa shape index (κ3) is 3.49. The molecule has 2 fully saturated rings. The molecule has 6 heteroatoms. The number of carbonyl (C=O) groups excluding carboxylic acids is 2. The van der Waals surface area contributed by atoms with Gasteiger partial charge in [-0.2, -0.15) is 0 Å². The molecule has 0 radical (unpaired) electrons. The van der Waals surface area contributed by atoms with Gasteiger partial charge in [0.05, 0.1) is 37.5 Å². The van der Waals surface area contributed by atoms with Crippen molar-refractivity contribution in [2.24, 2.45) is 5.92 Å². The van der Waals surface area contributed by atoms with Gasteiger partial charge in [0.2, 0.25) is 11.8 Å². The highest BCUT2D eigenvalue weighted by Gasteiger charge is 2.40. The molecule has 2 saturated heterocycles. The summed E-state index contributed by atoms with van der Waals surface area (Å²) >= 11 is 0. The zero-order valence-electron chi connectivity index (χ0n) is 15.3. The fourth-order valence-corrected chi connectivity index (χ4v) is 3.56. The largest absolute Gasteiger partial charge is 0.495 e. The number of rotatable bonds is 3. The molecule has 0 aromatic heterocycles. The Morgan fingerprint density at radius 1 is 1.28 bits per heavy atom. The first-order chi connectivity index (χ1) is 11.9. The van der Waals surface area contributed by atoms with Gasteiger partial charge in [0.1, 0.15) is 5.75 Å². The Morgan fingerprint density at radius 3 is 2.76 bits per heavy atom. The molecule has 2 amide bonds. The Balaban J connectivity index is 1.78. The van der Waals surface area contributed by atoms with Crippen LogP contribution in [-0.2, 0) is 14.3 Å². The van der Waals surface area contributed by atoms with Crippen molar-refractivity contribution < 1.29 is 19.1 Å². The van der Waals surface area contributed by atoms with Crippen LogP contribution in [-0.4, -0.2) is 55.7 Å². The minimum atomic E-state index is -0.314. The number of carbonyl (C=O) groups is 2. The number of anilines is 1. The fraction of sp³-hybridized carbons (Fsp3) is 0.579. The lowest BCUT2D eigenvalue weighted by molar-refractivity contribution is -0.147. The minimum absolute atomic E-state index is 0.0313. The van der Waals surface area contributed by atoms with Crippen molar-refractivity contribution in [2.45, 2.75) is 39.3 Å². The molecule has 0 bridgehead atoms. The summed E-state index contributed by atoms with van der Waals surface area (Å²) in [7, 11) is 1.59. The zero-order valence-corrected chi connectivity index (χ0v) is 15.3. The summed E-state index contributed by atoms with van der Waals surface area (Å²) in [4.78, 5) is 29.1. The molecular formula is C19H26N2O4. The van der Waals surface area contributed by atoms with E-state index in [0.717, 1.165) is 11.3 Å². The minimum Gasteiger partial charge on any atom is -0.495 e. The van der Waals surface area contributed by atoms with E-state index in [9.17, 15) is 9.59 Å². The molecule has 2 heterocycles. The van der Waals surface area contributed by atoms with E-state index in [1.165, 1.54) is 0 Å². The Kier molecular flexibility index (Phi) is 4.99. The van der Waals surface area contributed by atoms with Gasteiger partial charge in [0.15, 0.2) is 0 Å². The molecule has 1 aromatic carbocycles. The molecule has 3 atom stereocenters. The summed E-state index contributed by atoms with van der Waals surface area (Å²) in [6, 6.07) is 5.78. The molecule has 0 saturated carbocycles. The van der Waals surface area contributed by atoms with Gasteiger partial charge in [-0.05, 0) is 38.5 Å². The van der Waals surface area contributed by atoms with Crippen LogP contribution < -0.4 is 9.64 Å². The summed E-state index contributed by atoms with van der Waals surface area (Å²) in [5.74, 6) is 0.354. The van der Waals surface area contributed by atoms with Crippen LogP contribution in [0.3, 0.4) is 0 Å². The normalized spacial score (nSPS) is 26.9. The van der Waals surface area contributed by atoms with E-state index in [1.807, 2.05) is 43.9 Å². The lowest BCUT2D eigenvalue weighted by Crippen LogP contribution is -2.52. The van der Waals surface area contributed by atoms with Crippen LogP contribution in [0.25, 0.3) is 0 Å². The van der Waals surface area contributed by atoms with Gasteiger partial charge in [-0.25, -0.2) is 0 Å². The summed E-state index contributed by atoms with van der Waals surface area (Å²) in [6.45, 7) is 7.46. The van der Waals surface area contributed by atoms with Gasteiger partial charge in [-0.15, -0.1) is 0 Å². The number of ether oxygens (including phenoxy) is 2. The number of benzene rings is 1. The van der Waals surface area contributed by atoms with Crippen LogP contribution in [0.5, 0.6) is 5.75 Å².